The zero-order valence-corrected chi connectivity index (χ0v) is 26.0. The summed E-state index contributed by atoms with van der Waals surface area (Å²) in [6.07, 6.45) is 6.27. The fourth-order valence-electron chi connectivity index (χ4n) is 6.14. The van der Waals surface area contributed by atoms with E-state index in [1.54, 1.807) is 23.6 Å². The molecule has 9 nitrogen and oxygen atoms in total. The maximum Gasteiger partial charge on any atom is 0.409 e. The van der Waals surface area contributed by atoms with Gasteiger partial charge in [0, 0.05) is 35.3 Å². The molecule has 2 aliphatic heterocycles. The van der Waals surface area contributed by atoms with Crippen molar-refractivity contribution in [2.24, 2.45) is 5.10 Å². The molecule has 0 spiro atoms. The van der Waals surface area contributed by atoms with Gasteiger partial charge in [0.15, 0.2) is 6.20 Å². The average Bonchev–Trinajstić information content (AvgIpc) is 3.62. The molecule has 1 amide bonds. The van der Waals surface area contributed by atoms with Gasteiger partial charge in [0.1, 0.15) is 6.34 Å². The van der Waals surface area contributed by atoms with Gasteiger partial charge >= 0.3 is 6.09 Å². The molecule has 0 bridgehead atoms. The monoisotopic (exact) mass is 624 g/mol. The zero-order valence-electron chi connectivity index (χ0n) is 25.2. The predicted octanol–water partition coefficient (Wildman–Crippen LogP) is 6.51. The topological polar surface area (TPSA) is 96.1 Å². The van der Waals surface area contributed by atoms with Crippen molar-refractivity contribution >= 4 is 29.7 Å². The Balaban J connectivity index is 1.30. The Morgan fingerprint density at radius 3 is 2.62 bits per heavy atom. The summed E-state index contributed by atoms with van der Waals surface area (Å²) in [5.41, 5.74) is 12.1. The summed E-state index contributed by atoms with van der Waals surface area (Å²) in [7, 11) is 0. The Morgan fingerprint density at radius 2 is 1.89 bits per heavy atom. The fourth-order valence-corrected chi connectivity index (χ4v) is 6.31. The summed E-state index contributed by atoms with van der Waals surface area (Å²) >= 11 is 6.39. The van der Waals surface area contributed by atoms with Gasteiger partial charge in [-0.3, -0.25) is 0 Å². The van der Waals surface area contributed by atoms with Gasteiger partial charge in [-0.2, -0.15) is 9.83 Å². The van der Waals surface area contributed by atoms with Crippen molar-refractivity contribution in [3.63, 3.8) is 0 Å². The summed E-state index contributed by atoms with van der Waals surface area (Å²) in [6, 6.07) is 28.3. The number of benzene rings is 3. The third-order valence-corrected chi connectivity index (χ3v) is 8.72. The second-order valence-electron chi connectivity index (χ2n) is 11.5. The number of halogens is 1. The van der Waals surface area contributed by atoms with E-state index in [0.717, 1.165) is 51.9 Å². The summed E-state index contributed by atoms with van der Waals surface area (Å²) in [5, 5.41) is 20.2. The molecule has 0 radical (unpaired) electrons. The molecule has 6 rings (SSSR count). The van der Waals surface area contributed by atoms with Crippen molar-refractivity contribution < 1.29 is 14.3 Å². The average molecular weight is 625 g/mol. The number of carbonyl (C=O) groups is 1. The first-order chi connectivity index (χ1) is 22.0. The minimum atomic E-state index is -0.221. The number of pyridine rings is 1. The van der Waals surface area contributed by atoms with Crippen LogP contribution in [0, 0.1) is 5.21 Å². The Morgan fingerprint density at radius 1 is 1.07 bits per heavy atom. The predicted molar refractivity (Wildman–Crippen MR) is 177 cm³/mol. The van der Waals surface area contributed by atoms with Crippen molar-refractivity contribution in [3.05, 3.63) is 124 Å². The van der Waals surface area contributed by atoms with Crippen LogP contribution in [0.4, 0.5) is 10.5 Å². The number of piperidine rings is 1. The van der Waals surface area contributed by atoms with Gasteiger partial charge in [0.25, 0.3) is 0 Å². The summed E-state index contributed by atoms with van der Waals surface area (Å²) in [5.74, 6) is 0.163. The van der Waals surface area contributed by atoms with Crippen molar-refractivity contribution in [1.29, 1.82) is 0 Å². The number of anilines is 1. The number of aromatic nitrogens is 1. The van der Waals surface area contributed by atoms with E-state index >= 15 is 0 Å². The number of hydrogen-bond donors (Lipinski definition) is 2. The minimum Gasteiger partial charge on any atom is -0.618 e. The number of hydrogen-bond acceptors (Lipinski definition) is 7. The molecule has 3 aromatic carbocycles. The van der Waals surface area contributed by atoms with Gasteiger partial charge in [-0.15, -0.1) is 5.53 Å². The molecule has 0 saturated carbocycles. The number of hydrazine groups is 2. The molecular formula is C35H37ClN6O3. The lowest BCUT2D eigenvalue weighted by molar-refractivity contribution is -0.614. The third kappa shape index (κ3) is 7.05. The largest absolute Gasteiger partial charge is 0.618 e. The maximum absolute atomic E-state index is 13.9. The van der Waals surface area contributed by atoms with Crippen LogP contribution >= 0.6 is 11.6 Å². The molecule has 3 heterocycles. The van der Waals surface area contributed by atoms with Crippen molar-refractivity contribution in [2.45, 2.75) is 44.4 Å². The lowest BCUT2D eigenvalue weighted by Crippen LogP contribution is -2.38. The Labute approximate surface area is 268 Å². The van der Waals surface area contributed by atoms with E-state index in [2.05, 4.69) is 52.6 Å². The van der Waals surface area contributed by atoms with Gasteiger partial charge in [-0.05, 0) is 72.6 Å². The highest BCUT2D eigenvalue weighted by molar-refractivity contribution is 6.31. The summed E-state index contributed by atoms with van der Waals surface area (Å²) in [6.45, 7) is 3.79. The van der Waals surface area contributed by atoms with E-state index in [4.69, 9.17) is 16.3 Å². The van der Waals surface area contributed by atoms with Crippen LogP contribution in [0.1, 0.15) is 60.4 Å². The molecule has 1 atom stereocenters. The first-order valence-electron chi connectivity index (χ1n) is 15.4. The Hall–Kier alpha value is -4.60. The Kier molecular flexibility index (Phi) is 9.47. The molecule has 10 heteroatoms. The summed E-state index contributed by atoms with van der Waals surface area (Å²) in [4.78, 5) is 14.2. The molecule has 1 fully saturated rings. The molecule has 4 aromatic rings. The normalized spacial score (nSPS) is 15.6. The molecule has 1 saturated heterocycles. The highest BCUT2D eigenvalue weighted by Crippen LogP contribution is 2.35. The first kappa shape index (κ1) is 30.4. The van der Waals surface area contributed by atoms with Crippen molar-refractivity contribution in [1.82, 2.24) is 16.0 Å². The van der Waals surface area contributed by atoms with E-state index in [-0.39, 0.29) is 12.0 Å². The smallest absolute Gasteiger partial charge is 0.409 e. The van der Waals surface area contributed by atoms with E-state index in [9.17, 15) is 10.0 Å². The molecular weight excluding hydrogens is 588 g/mol. The lowest BCUT2D eigenvalue weighted by Gasteiger charge is -2.32. The van der Waals surface area contributed by atoms with Gasteiger partial charge in [-0.1, -0.05) is 73.1 Å². The van der Waals surface area contributed by atoms with Crippen LogP contribution in [0.15, 0.2) is 96.2 Å². The van der Waals surface area contributed by atoms with Gasteiger partial charge in [0.2, 0.25) is 5.69 Å². The van der Waals surface area contributed by atoms with Crippen LogP contribution < -0.4 is 20.8 Å². The van der Waals surface area contributed by atoms with Crippen LogP contribution in [0.3, 0.4) is 0 Å². The minimum absolute atomic E-state index is 0.168. The van der Waals surface area contributed by atoms with Crippen LogP contribution in [0.2, 0.25) is 5.02 Å². The number of amides is 1. The fraction of sp³-hybridized carbons (Fsp3) is 0.286. The maximum atomic E-state index is 13.9. The van der Waals surface area contributed by atoms with E-state index < -0.39 is 0 Å². The van der Waals surface area contributed by atoms with Crippen molar-refractivity contribution in [2.75, 3.05) is 24.7 Å². The molecule has 45 heavy (non-hydrogen) atoms. The van der Waals surface area contributed by atoms with Gasteiger partial charge in [0.05, 0.1) is 18.2 Å². The molecule has 2 aliphatic rings. The highest BCUT2D eigenvalue weighted by Gasteiger charge is 2.28. The number of nitrogens with zero attached hydrogens (tertiary/aromatic N) is 4. The van der Waals surface area contributed by atoms with E-state index in [1.807, 2.05) is 54.3 Å². The summed E-state index contributed by atoms with van der Waals surface area (Å²) < 4.78 is 6.34. The SMILES string of the molecule is CCCOC(=O)N1CCC(c2cccc([C@H](Cc3ccccc3)c3ccc(-c4cc(Cl)ccc4N4C=NNN4)c[n+]3[O-])c2)CC1. The number of ether oxygens (including phenoxy) is 1. The number of carbonyl (C=O) groups excluding carboxylic acids is 1. The zero-order chi connectivity index (χ0) is 31.2. The lowest BCUT2D eigenvalue weighted by atomic mass is 9.84. The molecule has 1 aromatic heterocycles. The third-order valence-electron chi connectivity index (χ3n) is 8.49. The van der Waals surface area contributed by atoms with Gasteiger partial charge < -0.3 is 14.8 Å². The van der Waals surface area contributed by atoms with E-state index in [1.165, 1.54) is 5.56 Å². The van der Waals surface area contributed by atoms with Crippen LogP contribution in [-0.2, 0) is 11.2 Å². The molecule has 0 aliphatic carbocycles. The number of nitrogens with one attached hydrogen (secondary N) is 2. The van der Waals surface area contributed by atoms with E-state index in [0.29, 0.717) is 42.8 Å². The second kappa shape index (κ2) is 14.0. The van der Waals surface area contributed by atoms with Gasteiger partial charge in [-0.25, -0.2) is 15.3 Å². The highest BCUT2D eigenvalue weighted by atomic mass is 35.5. The van der Waals surface area contributed by atoms with Crippen LogP contribution in [0.5, 0.6) is 0 Å². The number of likely N-dealkylation sites (tertiary alicyclic amines) is 1. The standard InChI is InChI=1S/C35H37ClN6O3/c1-2-19-45-35(43)40-17-15-26(16-18-40)27-9-6-10-28(21-27)31(20-25-7-4-3-5-8-25)34-13-11-29(23-42(34)44)32-22-30(36)12-14-33(32)41-24-37-38-39-41/h3-14,21-24,26,31,38-39H,2,15-20H2,1H3/t31-/m0/s1. The van der Waals surface area contributed by atoms with Crippen LogP contribution in [-0.4, -0.2) is 37.0 Å². The first-order valence-corrected chi connectivity index (χ1v) is 15.8. The van der Waals surface area contributed by atoms with Crippen molar-refractivity contribution in [3.8, 4) is 11.1 Å². The number of rotatable bonds is 9. The van der Waals surface area contributed by atoms with Crippen LogP contribution in [0.25, 0.3) is 11.1 Å². The number of hydrazone groups is 1. The molecule has 2 N–H and O–H groups in total. The quantitative estimate of drug-likeness (QED) is 0.163. The molecule has 232 valence electrons. The second-order valence-corrected chi connectivity index (χ2v) is 11.9. The Bertz CT molecular complexity index is 1660. The molecule has 0 unspecified atom stereocenters.